The summed E-state index contributed by atoms with van der Waals surface area (Å²) in [5.74, 6) is 1.18. The predicted octanol–water partition coefficient (Wildman–Crippen LogP) is 3.39. The third-order valence-electron chi connectivity index (χ3n) is 5.01. The molecule has 27 heavy (non-hydrogen) atoms. The van der Waals surface area contributed by atoms with Crippen LogP contribution in [0.25, 0.3) is 0 Å². The van der Waals surface area contributed by atoms with E-state index in [2.05, 4.69) is 38.0 Å². The molecule has 1 atom stereocenters. The smallest absolute Gasteiger partial charge is 0.191 e. The van der Waals surface area contributed by atoms with E-state index in [1.807, 2.05) is 30.5 Å². The van der Waals surface area contributed by atoms with E-state index in [1.54, 1.807) is 12.1 Å². The number of rotatable bonds is 8. The van der Waals surface area contributed by atoms with Gasteiger partial charge in [0.05, 0.1) is 6.04 Å². The van der Waals surface area contributed by atoms with Crippen molar-refractivity contribution in [3.05, 3.63) is 52.2 Å². The van der Waals surface area contributed by atoms with Crippen molar-refractivity contribution in [2.45, 2.75) is 31.7 Å². The maximum absolute atomic E-state index is 9.34. The van der Waals surface area contributed by atoms with Crippen LogP contribution in [0.4, 0.5) is 0 Å². The molecule has 3 N–H and O–H groups in total. The number of likely N-dealkylation sites (tertiary alicyclic amines) is 1. The summed E-state index contributed by atoms with van der Waals surface area (Å²) < 4.78 is 0. The Bertz CT molecular complexity index is 693. The van der Waals surface area contributed by atoms with Gasteiger partial charge in [0.25, 0.3) is 0 Å². The molecule has 0 amide bonds. The fourth-order valence-electron chi connectivity index (χ4n) is 3.52. The van der Waals surface area contributed by atoms with Crippen molar-refractivity contribution in [3.63, 3.8) is 0 Å². The second kappa shape index (κ2) is 10.3. The van der Waals surface area contributed by atoms with Gasteiger partial charge in [-0.25, -0.2) is 0 Å². The SMILES string of the molecule is CN=C(NCCCc1ccc(O)cc1)NCC(c1cccs1)N1CCCC1. The van der Waals surface area contributed by atoms with Gasteiger partial charge in [-0.3, -0.25) is 9.89 Å². The molecule has 0 spiro atoms. The summed E-state index contributed by atoms with van der Waals surface area (Å²) in [5.41, 5.74) is 1.24. The van der Waals surface area contributed by atoms with E-state index in [1.165, 1.54) is 36.4 Å². The maximum atomic E-state index is 9.34. The Balaban J connectivity index is 1.44. The molecule has 0 aliphatic carbocycles. The highest BCUT2D eigenvalue weighted by atomic mass is 32.1. The van der Waals surface area contributed by atoms with Crippen LogP contribution >= 0.6 is 11.3 Å². The first kappa shape index (κ1) is 19.7. The molecule has 3 rings (SSSR count). The number of hydrogen-bond acceptors (Lipinski definition) is 4. The lowest BCUT2D eigenvalue weighted by molar-refractivity contribution is 0.249. The van der Waals surface area contributed by atoms with E-state index in [4.69, 9.17) is 0 Å². The van der Waals surface area contributed by atoms with Crippen molar-refractivity contribution < 1.29 is 5.11 Å². The van der Waals surface area contributed by atoms with Crippen LogP contribution in [0, 0.1) is 0 Å². The minimum Gasteiger partial charge on any atom is -0.508 e. The summed E-state index contributed by atoms with van der Waals surface area (Å²) in [4.78, 5) is 8.37. The lowest BCUT2D eigenvalue weighted by Crippen LogP contribution is -2.42. The van der Waals surface area contributed by atoms with Crippen LogP contribution in [-0.4, -0.2) is 49.2 Å². The number of nitrogens with one attached hydrogen (secondary N) is 2. The maximum Gasteiger partial charge on any atom is 0.191 e. The average Bonchev–Trinajstić information content (AvgIpc) is 3.39. The van der Waals surface area contributed by atoms with Crippen LogP contribution in [-0.2, 0) is 6.42 Å². The fourth-order valence-corrected chi connectivity index (χ4v) is 4.38. The first-order valence-corrected chi connectivity index (χ1v) is 10.6. The Kier molecular flexibility index (Phi) is 7.54. The fraction of sp³-hybridized carbons (Fsp3) is 0.476. The molecule has 146 valence electrons. The van der Waals surface area contributed by atoms with E-state index in [9.17, 15) is 5.11 Å². The van der Waals surface area contributed by atoms with Crippen LogP contribution < -0.4 is 10.6 Å². The summed E-state index contributed by atoms with van der Waals surface area (Å²) in [7, 11) is 1.82. The van der Waals surface area contributed by atoms with Crippen LogP contribution in [0.1, 0.15) is 35.7 Å². The van der Waals surface area contributed by atoms with Crippen molar-refractivity contribution in [3.8, 4) is 5.75 Å². The molecule has 1 saturated heterocycles. The molecule has 0 radical (unpaired) electrons. The molecule has 1 aliphatic heterocycles. The Morgan fingerprint density at radius 3 is 2.63 bits per heavy atom. The predicted molar refractivity (Wildman–Crippen MR) is 114 cm³/mol. The highest BCUT2D eigenvalue weighted by Gasteiger charge is 2.24. The van der Waals surface area contributed by atoms with E-state index in [0.717, 1.165) is 31.9 Å². The van der Waals surface area contributed by atoms with Gasteiger partial charge in [-0.2, -0.15) is 0 Å². The quantitative estimate of drug-likeness (QED) is 0.370. The zero-order valence-corrected chi connectivity index (χ0v) is 16.8. The molecular formula is C21H30N4OS. The summed E-state index contributed by atoms with van der Waals surface area (Å²) >= 11 is 1.84. The van der Waals surface area contributed by atoms with Crippen LogP contribution in [0.3, 0.4) is 0 Å². The molecule has 1 aliphatic rings. The van der Waals surface area contributed by atoms with E-state index in [-0.39, 0.29) is 0 Å². The highest BCUT2D eigenvalue weighted by molar-refractivity contribution is 7.10. The van der Waals surface area contributed by atoms with E-state index >= 15 is 0 Å². The molecule has 2 aromatic rings. The van der Waals surface area contributed by atoms with Gasteiger partial charge in [-0.1, -0.05) is 18.2 Å². The van der Waals surface area contributed by atoms with Crippen LogP contribution in [0.5, 0.6) is 5.75 Å². The van der Waals surface area contributed by atoms with Gasteiger partial charge in [-0.15, -0.1) is 11.3 Å². The van der Waals surface area contributed by atoms with Crippen LogP contribution in [0.15, 0.2) is 46.8 Å². The topological polar surface area (TPSA) is 59.9 Å². The first-order valence-electron chi connectivity index (χ1n) is 9.76. The summed E-state index contributed by atoms with van der Waals surface area (Å²) in [5, 5.41) is 18.4. The molecular weight excluding hydrogens is 356 g/mol. The largest absolute Gasteiger partial charge is 0.508 e. The number of aryl methyl sites for hydroxylation is 1. The number of nitrogens with zero attached hydrogens (tertiary/aromatic N) is 2. The number of aromatic hydroxyl groups is 1. The highest BCUT2D eigenvalue weighted by Crippen LogP contribution is 2.27. The van der Waals surface area contributed by atoms with Crippen molar-refractivity contribution in [1.82, 2.24) is 15.5 Å². The van der Waals surface area contributed by atoms with Gasteiger partial charge >= 0.3 is 0 Å². The zero-order chi connectivity index (χ0) is 18.9. The number of phenols is 1. The van der Waals surface area contributed by atoms with Gasteiger partial charge in [0, 0.05) is 25.0 Å². The van der Waals surface area contributed by atoms with Gasteiger partial charge in [0.2, 0.25) is 0 Å². The third kappa shape index (κ3) is 5.97. The van der Waals surface area contributed by atoms with Crippen molar-refractivity contribution in [2.75, 3.05) is 33.2 Å². The Morgan fingerprint density at radius 2 is 1.96 bits per heavy atom. The van der Waals surface area contributed by atoms with Crippen LogP contribution in [0.2, 0.25) is 0 Å². The summed E-state index contributed by atoms with van der Waals surface area (Å²) in [6.45, 7) is 4.11. The minimum atomic E-state index is 0.319. The number of guanidine groups is 1. The molecule has 5 nitrogen and oxygen atoms in total. The molecule has 1 aromatic heterocycles. The van der Waals surface area contributed by atoms with Gasteiger partial charge < -0.3 is 15.7 Å². The number of aliphatic imine (C=N–C) groups is 1. The normalized spacial score (nSPS) is 16.4. The molecule has 1 fully saturated rings. The zero-order valence-electron chi connectivity index (χ0n) is 16.0. The van der Waals surface area contributed by atoms with E-state index < -0.39 is 0 Å². The molecule has 0 bridgehead atoms. The number of hydrogen-bond donors (Lipinski definition) is 3. The lowest BCUT2D eigenvalue weighted by atomic mass is 10.1. The minimum absolute atomic E-state index is 0.319. The van der Waals surface area contributed by atoms with Crippen molar-refractivity contribution >= 4 is 17.3 Å². The van der Waals surface area contributed by atoms with Gasteiger partial charge in [0.15, 0.2) is 5.96 Å². The number of phenolic OH excluding ortho intramolecular Hbond substituents is 1. The first-order chi connectivity index (χ1) is 13.3. The van der Waals surface area contributed by atoms with Gasteiger partial charge in [0.1, 0.15) is 5.75 Å². The second-order valence-electron chi connectivity index (χ2n) is 6.92. The number of benzene rings is 1. The summed E-state index contributed by atoms with van der Waals surface area (Å²) in [6, 6.07) is 12.2. The van der Waals surface area contributed by atoms with Crippen molar-refractivity contribution in [2.24, 2.45) is 4.99 Å². The number of thiophene rings is 1. The summed E-state index contributed by atoms with van der Waals surface area (Å²) in [6.07, 6.45) is 4.60. The molecule has 1 unspecified atom stereocenters. The Labute approximate surface area is 166 Å². The standard InChI is InChI=1S/C21H30N4OS/c1-22-21(23-12-4-6-17-8-10-18(26)11-9-17)24-16-19(20-7-5-15-27-20)25-13-2-3-14-25/h5,7-11,15,19,26H,2-4,6,12-14,16H2,1H3,(H2,22,23,24). The third-order valence-corrected chi connectivity index (χ3v) is 5.98. The van der Waals surface area contributed by atoms with E-state index in [0.29, 0.717) is 11.8 Å². The Hall–Kier alpha value is -2.05. The molecule has 6 heteroatoms. The monoisotopic (exact) mass is 386 g/mol. The van der Waals surface area contributed by atoms with Gasteiger partial charge in [-0.05, 0) is 67.9 Å². The lowest BCUT2D eigenvalue weighted by Gasteiger charge is -2.27. The average molecular weight is 387 g/mol. The Morgan fingerprint density at radius 1 is 1.19 bits per heavy atom. The molecule has 0 saturated carbocycles. The molecule has 1 aromatic carbocycles. The second-order valence-corrected chi connectivity index (χ2v) is 7.90. The molecule has 2 heterocycles. The van der Waals surface area contributed by atoms with Crippen molar-refractivity contribution in [1.29, 1.82) is 0 Å².